The third kappa shape index (κ3) is 2.72. The first-order valence-corrected chi connectivity index (χ1v) is 7.77. The van der Waals surface area contributed by atoms with Crippen LogP contribution in [0.4, 0.5) is 0 Å². The summed E-state index contributed by atoms with van der Waals surface area (Å²) in [4.78, 5) is 11.1. The number of rotatable bonds is 2. The molecule has 22 heavy (non-hydrogen) atoms. The molecule has 0 spiro atoms. The predicted octanol–water partition coefficient (Wildman–Crippen LogP) is 2.34. The summed E-state index contributed by atoms with van der Waals surface area (Å²) in [5.41, 5.74) is 3.78. The van der Waals surface area contributed by atoms with Crippen molar-refractivity contribution in [2.75, 3.05) is 26.7 Å². The zero-order chi connectivity index (χ0) is 14.2. The van der Waals surface area contributed by atoms with E-state index in [-0.39, 0.29) is 18.4 Å². The predicted molar refractivity (Wildman–Crippen MR) is 88.4 cm³/mol. The van der Waals surface area contributed by atoms with E-state index in [1.165, 1.54) is 0 Å². The van der Waals surface area contributed by atoms with Gasteiger partial charge in [0.25, 0.3) is 5.89 Å². The van der Waals surface area contributed by atoms with E-state index in [1.807, 2.05) is 23.7 Å². The Hall–Kier alpha value is -1.54. The Morgan fingerprint density at radius 3 is 3.18 bits per heavy atom. The highest BCUT2D eigenvalue weighted by molar-refractivity contribution is 7.16. The first-order valence-electron chi connectivity index (χ1n) is 6.89. The van der Waals surface area contributed by atoms with Crippen molar-refractivity contribution in [2.24, 2.45) is 0 Å². The van der Waals surface area contributed by atoms with Crippen LogP contribution >= 0.6 is 23.7 Å². The van der Waals surface area contributed by atoms with E-state index in [1.54, 1.807) is 11.3 Å². The molecule has 116 valence electrons. The smallest absolute Gasteiger partial charge is 0.258 e. The summed E-state index contributed by atoms with van der Waals surface area (Å²) in [6.07, 6.45) is 0. The molecule has 3 heterocycles. The number of benzene rings is 1. The molecule has 1 aromatic carbocycles. The summed E-state index contributed by atoms with van der Waals surface area (Å²) in [7, 11) is 2.09. The van der Waals surface area contributed by atoms with Gasteiger partial charge >= 0.3 is 0 Å². The number of aromatic nitrogens is 3. The average molecular weight is 338 g/mol. The van der Waals surface area contributed by atoms with Crippen molar-refractivity contribution in [1.82, 2.24) is 25.3 Å². The van der Waals surface area contributed by atoms with Crippen LogP contribution in [0.3, 0.4) is 0 Å². The van der Waals surface area contributed by atoms with Crippen LogP contribution < -0.4 is 5.32 Å². The van der Waals surface area contributed by atoms with Gasteiger partial charge in [0.2, 0.25) is 0 Å². The molecule has 1 saturated heterocycles. The summed E-state index contributed by atoms with van der Waals surface area (Å²) >= 11 is 1.61. The quantitative estimate of drug-likeness (QED) is 0.774. The first kappa shape index (κ1) is 15.4. The minimum absolute atomic E-state index is 0. The molecule has 1 fully saturated rings. The van der Waals surface area contributed by atoms with Gasteiger partial charge < -0.3 is 9.84 Å². The van der Waals surface area contributed by atoms with Gasteiger partial charge in [0, 0.05) is 25.2 Å². The first-order chi connectivity index (χ1) is 10.3. The van der Waals surface area contributed by atoms with Gasteiger partial charge in [-0.3, -0.25) is 4.90 Å². The lowest BCUT2D eigenvalue weighted by atomic mass is 10.2. The molecule has 4 rings (SSSR count). The lowest BCUT2D eigenvalue weighted by Gasteiger charge is -2.30. The highest BCUT2D eigenvalue weighted by atomic mass is 35.5. The Kier molecular flexibility index (Phi) is 4.39. The molecule has 1 aliphatic rings. The van der Waals surface area contributed by atoms with Gasteiger partial charge in [-0.15, -0.1) is 23.7 Å². The maximum Gasteiger partial charge on any atom is 0.258 e. The normalized spacial score (nSPS) is 19.2. The van der Waals surface area contributed by atoms with Crippen LogP contribution in [0.5, 0.6) is 0 Å². The molecule has 1 atom stereocenters. The van der Waals surface area contributed by atoms with Gasteiger partial charge in [0.05, 0.1) is 21.8 Å². The zero-order valence-corrected chi connectivity index (χ0v) is 13.7. The van der Waals surface area contributed by atoms with Crippen molar-refractivity contribution in [1.29, 1.82) is 0 Å². The number of hydrogen-bond donors (Lipinski definition) is 1. The highest BCUT2D eigenvalue weighted by Crippen LogP contribution is 2.27. The van der Waals surface area contributed by atoms with Crippen LogP contribution in [0.15, 0.2) is 28.2 Å². The van der Waals surface area contributed by atoms with Crippen LogP contribution in [-0.4, -0.2) is 46.7 Å². The average Bonchev–Trinajstić information content (AvgIpc) is 3.16. The summed E-state index contributed by atoms with van der Waals surface area (Å²) < 4.78 is 6.57. The fourth-order valence-corrected chi connectivity index (χ4v) is 3.29. The van der Waals surface area contributed by atoms with Gasteiger partial charge in [-0.1, -0.05) is 5.16 Å². The van der Waals surface area contributed by atoms with Crippen LogP contribution in [0.25, 0.3) is 21.7 Å². The van der Waals surface area contributed by atoms with E-state index in [0.717, 1.165) is 41.2 Å². The number of hydrogen-bond acceptors (Lipinski definition) is 7. The number of nitrogens with one attached hydrogen (secondary N) is 1. The molecule has 2 aromatic heterocycles. The molecular formula is C14H16ClN5OS. The molecule has 1 N–H and O–H groups in total. The number of fused-ring (bicyclic) bond motifs is 1. The molecule has 3 aromatic rings. The Morgan fingerprint density at radius 1 is 1.41 bits per heavy atom. The van der Waals surface area contributed by atoms with E-state index in [4.69, 9.17) is 4.52 Å². The number of nitrogens with zero attached hydrogens (tertiary/aromatic N) is 4. The summed E-state index contributed by atoms with van der Waals surface area (Å²) in [6.45, 7) is 2.84. The molecule has 0 bridgehead atoms. The second-order valence-corrected chi connectivity index (χ2v) is 6.08. The molecular weight excluding hydrogens is 322 g/mol. The van der Waals surface area contributed by atoms with Crippen LogP contribution in [0, 0.1) is 0 Å². The minimum atomic E-state index is 0. The SMILES string of the molecule is CN1CCNCC1c1noc(-c2ccc3ncsc3c2)n1.Cl. The standard InChI is InChI=1S/C14H15N5OS.ClH/c1-19-5-4-15-7-11(19)13-17-14(20-18-13)9-2-3-10-12(6-9)21-8-16-10;/h2-3,6,8,11,15H,4-5,7H2,1H3;1H. The molecule has 0 radical (unpaired) electrons. The van der Waals surface area contributed by atoms with Crippen LogP contribution in [0.1, 0.15) is 11.9 Å². The van der Waals surface area contributed by atoms with Crippen molar-refractivity contribution in [3.63, 3.8) is 0 Å². The van der Waals surface area contributed by atoms with Gasteiger partial charge in [0.1, 0.15) is 0 Å². The second kappa shape index (κ2) is 6.29. The highest BCUT2D eigenvalue weighted by Gasteiger charge is 2.25. The number of thiazole rings is 1. The fraction of sp³-hybridized carbons (Fsp3) is 0.357. The zero-order valence-electron chi connectivity index (χ0n) is 12.0. The van der Waals surface area contributed by atoms with E-state index in [0.29, 0.717) is 5.89 Å². The second-order valence-electron chi connectivity index (χ2n) is 5.19. The van der Waals surface area contributed by atoms with Crippen molar-refractivity contribution >= 4 is 34.0 Å². The largest absolute Gasteiger partial charge is 0.334 e. The lowest BCUT2D eigenvalue weighted by molar-refractivity contribution is 0.190. The molecule has 6 nitrogen and oxygen atoms in total. The summed E-state index contributed by atoms with van der Waals surface area (Å²) in [5.74, 6) is 1.31. The molecule has 8 heteroatoms. The molecule has 0 aliphatic carbocycles. The van der Waals surface area contributed by atoms with Gasteiger partial charge in [0.15, 0.2) is 5.82 Å². The van der Waals surface area contributed by atoms with Gasteiger partial charge in [-0.05, 0) is 25.2 Å². The Bertz CT molecular complexity index is 773. The Labute approximate surface area is 137 Å². The van der Waals surface area contributed by atoms with E-state index >= 15 is 0 Å². The monoisotopic (exact) mass is 337 g/mol. The van der Waals surface area contributed by atoms with Crippen LogP contribution in [-0.2, 0) is 0 Å². The maximum absolute atomic E-state index is 5.45. The third-order valence-corrected chi connectivity index (χ3v) is 4.62. The van der Waals surface area contributed by atoms with E-state index in [2.05, 4.69) is 32.4 Å². The van der Waals surface area contributed by atoms with Crippen molar-refractivity contribution in [2.45, 2.75) is 6.04 Å². The number of halogens is 1. The van der Waals surface area contributed by atoms with Crippen molar-refractivity contribution < 1.29 is 4.52 Å². The van der Waals surface area contributed by atoms with Gasteiger partial charge in [-0.2, -0.15) is 4.98 Å². The molecule has 0 saturated carbocycles. The molecule has 0 amide bonds. The van der Waals surface area contributed by atoms with E-state index in [9.17, 15) is 0 Å². The summed E-state index contributed by atoms with van der Waals surface area (Å²) in [6, 6.07) is 6.18. The Morgan fingerprint density at radius 2 is 2.32 bits per heavy atom. The fourth-order valence-electron chi connectivity index (χ4n) is 2.57. The molecule has 1 aliphatic heterocycles. The van der Waals surface area contributed by atoms with Crippen molar-refractivity contribution in [3.8, 4) is 11.5 Å². The number of likely N-dealkylation sites (N-methyl/N-ethyl adjacent to an activating group) is 1. The van der Waals surface area contributed by atoms with Crippen molar-refractivity contribution in [3.05, 3.63) is 29.5 Å². The van der Waals surface area contributed by atoms with Crippen LogP contribution in [0.2, 0.25) is 0 Å². The van der Waals surface area contributed by atoms with Gasteiger partial charge in [-0.25, -0.2) is 4.98 Å². The summed E-state index contributed by atoms with van der Waals surface area (Å²) in [5, 5.41) is 7.52. The molecule has 1 unspecified atom stereocenters. The topological polar surface area (TPSA) is 67.1 Å². The third-order valence-electron chi connectivity index (χ3n) is 3.83. The lowest BCUT2D eigenvalue weighted by Crippen LogP contribution is -2.44. The Balaban J connectivity index is 0.00000144. The maximum atomic E-state index is 5.45. The number of piperazine rings is 1. The minimum Gasteiger partial charge on any atom is -0.334 e. The van der Waals surface area contributed by atoms with E-state index < -0.39 is 0 Å².